The van der Waals surface area contributed by atoms with Crippen molar-refractivity contribution in [3.8, 4) is 12.1 Å². The van der Waals surface area contributed by atoms with E-state index in [0.29, 0.717) is 0 Å². The number of allylic oxidation sites excluding steroid dienone is 1. The summed E-state index contributed by atoms with van der Waals surface area (Å²) in [5.41, 5.74) is -0.0210. The second-order valence-electron chi connectivity index (χ2n) is 3.07. The van der Waals surface area contributed by atoms with Gasteiger partial charge in [0.15, 0.2) is 0 Å². The molecule has 0 aliphatic rings. The van der Waals surface area contributed by atoms with Gasteiger partial charge in [-0.25, -0.2) is 0 Å². The van der Waals surface area contributed by atoms with Gasteiger partial charge in [-0.1, -0.05) is 0 Å². The Balaban J connectivity index is 3.11. The predicted octanol–water partition coefficient (Wildman–Crippen LogP) is 2.66. The number of nitriles is 2. The Hall–Kier alpha value is -2.51. The van der Waals surface area contributed by atoms with Gasteiger partial charge in [-0.3, -0.25) is 10.1 Å². The van der Waals surface area contributed by atoms with Crippen molar-refractivity contribution in [3.05, 3.63) is 40.1 Å². The van der Waals surface area contributed by atoms with Gasteiger partial charge in [-0.05, 0) is 18.4 Å². The molecule has 0 radical (unpaired) electrons. The van der Waals surface area contributed by atoms with Gasteiger partial charge >= 0.3 is 0 Å². The molecule has 18 heavy (non-hydrogen) atoms. The summed E-state index contributed by atoms with van der Waals surface area (Å²) in [6.07, 6.45) is 2.95. The van der Waals surface area contributed by atoms with E-state index in [0.717, 1.165) is 11.1 Å². The van der Waals surface area contributed by atoms with E-state index in [1.807, 2.05) is 6.26 Å². The highest BCUT2D eigenvalue weighted by molar-refractivity contribution is 7.98. The molecule has 7 heteroatoms. The first-order chi connectivity index (χ1) is 8.62. The van der Waals surface area contributed by atoms with Crippen molar-refractivity contribution in [2.24, 2.45) is 0 Å². The van der Waals surface area contributed by atoms with Crippen LogP contribution in [0.25, 0.3) is 0 Å². The molecule has 0 spiro atoms. The van der Waals surface area contributed by atoms with E-state index in [9.17, 15) is 10.1 Å². The number of nitrogens with one attached hydrogen (secondary N) is 1. The Morgan fingerprint density at radius 1 is 1.50 bits per heavy atom. The maximum absolute atomic E-state index is 10.9. The minimum absolute atomic E-state index is 0.103. The van der Waals surface area contributed by atoms with Gasteiger partial charge < -0.3 is 5.32 Å². The molecule has 0 atom stereocenters. The molecule has 1 aromatic rings. The first-order valence-electron chi connectivity index (χ1n) is 4.71. The van der Waals surface area contributed by atoms with Crippen LogP contribution in [0.1, 0.15) is 0 Å². The molecule has 0 aliphatic heterocycles. The quantitative estimate of drug-likeness (QED) is 0.386. The fourth-order valence-electron chi connectivity index (χ4n) is 1.15. The Bertz CT molecular complexity index is 568. The molecule has 0 fully saturated rings. The van der Waals surface area contributed by atoms with Crippen LogP contribution >= 0.6 is 11.8 Å². The lowest BCUT2D eigenvalue weighted by atomic mass is 10.2. The summed E-state index contributed by atoms with van der Waals surface area (Å²) in [4.78, 5) is 11.1. The number of anilines is 1. The fraction of sp³-hybridized carbons (Fsp3) is 0.0909. The van der Waals surface area contributed by atoms with Crippen LogP contribution in [0.2, 0.25) is 0 Å². The van der Waals surface area contributed by atoms with Crippen molar-refractivity contribution in [3.63, 3.8) is 0 Å². The van der Waals surface area contributed by atoms with E-state index in [-0.39, 0.29) is 16.9 Å². The van der Waals surface area contributed by atoms with Crippen LogP contribution in [0, 0.1) is 32.8 Å². The molecule has 1 rings (SSSR count). The number of hydrogen-bond donors (Lipinski definition) is 1. The summed E-state index contributed by atoms with van der Waals surface area (Å²) in [5.74, 6) is 0. The summed E-state index contributed by atoms with van der Waals surface area (Å²) in [6.45, 7) is 0. The van der Waals surface area contributed by atoms with E-state index < -0.39 is 4.92 Å². The van der Waals surface area contributed by atoms with E-state index in [4.69, 9.17) is 10.5 Å². The van der Waals surface area contributed by atoms with Gasteiger partial charge in [0.1, 0.15) is 23.4 Å². The molecule has 0 amide bonds. The number of nitrogens with zero attached hydrogens (tertiary/aromatic N) is 3. The molecule has 0 saturated carbocycles. The van der Waals surface area contributed by atoms with Crippen molar-refractivity contribution in [1.82, 2.24) is 0 Å². The largest absolute Gasteiger partial charge is 0.354 e. The summed E-state index contributed by atoms with van der Waals surface area (Å²) in [7, 11) is 0. The minimum atomic E-state index is -0.520. The number of nitro groups is 1. The molecule has 0 heterocycles. The molecule has 90 valence electrons. The SMILES string of the molecule is CSc1ccc(NC=C(C#N)C#N)c([N+](=O)[O-])c1. The van der Waals surface area contributed by atoms with E-state index >= 15 is 0 Å². The zero-order valence-electron chi connectivity index (χ0n) is 9.38. The molecule has 1 N–H and O–H groups in total. The molecule has 6 nitrogen and oxygen atoms in total. The summed E-state index contributed by atoms with van der Waals surface area (Å²) < 4.78 is 0. The number of rotatable bonds is 4. The average Bonchev–Trinajstić information content (AvgIpc) is 2.39. The molecular formula is C11H8N4O2S. The molecule has 0 saturated heterocycles. The zero-order valence-corrected chi connectivity index (χ0v) is 10.2. The third kappa shape index (κ3) is 3.24. The minimum Gasteiger partial charge on any atom is -0.354 e. The van der Waals surface area contributed by atoms with Crippen LogP contribution in [0.5, 0.6) is 0 Å². The van der Waals surface area contributed by atoms with Gasteiger partial charge in [-0.2, -0.15) is 10.5 Å². The molecule has 0 unspecified atom stereocenters. The van der Waals surface area contributed by atoms with E-state index in [1.165, 1.54) is 23.9 Å². The normalized spacial score (nSPS) is 8.83. The number of benzene rings is 1. The predicted molar refractivity (Wildman–Crippen MR) is 67.8 cm³/mol. The monoisotopic (exact) mass is 260 g/mol. The second kappa shape index (κ2) is 6.28. The van der Waals surface area contributed by atoms with Gasteiger partial charge in [0.25, 0.3) is 5.69 Å². The third-order valence-electron chi connectivity index (χ3n) is 2.01. The topological polar surface area (TPSA) is 103 Å². The first-order valence-corrected chi connectivity index (χ1v) is 5.94. The second-order valence-corrected chi connectivity index (χ2v) is 3.95. The highest BCUT2D eigenvalue weighted by Gasteiger charge is 2.13. The van der Waals surface area contributed by atoms with Crippen LogP contribution in [-0.4, -0.2) is 11.2 Å². The Morgan fingerprint density at radius 3 is 2.67 bits per heavy atom. The van der Waals surface area contributed by atoms with Gasteiger partial charge in [0, 0.05) is 17.2 Å². The van der Waals surface area contributed by atoms with Crippen molar-refractivity contribution in [2.45, 2.75) is 4.90 Å². The average molecular weight is 260 g/mol. The van der Waals surface area contributed by atoms with Crippen LogP contribution in [0.4, 0.5) is 11.4 Å². The highest BCUT2D eigenvalue weighted by Crippen LogP contribution is 2.29. The van der Waals surface area contributed by atoms with E-state index in [1.54, 1.807) is 18.2 Å². The van der Waals surface area contributed by atoms with Gasteiger partial charge in [0.05, 0.1) is 4.92 Å². The standard InChI is InChI=1S/C11H8N4O2S/c1-18-9-2-3-10(11(4-9)15(16)17)14-7-8(5-12)6-13/h2-4,7,14H,1H3. The maximum atomic E-state index is 10.9. The smallest absolute Gasteiger partial charge is 0.293 e. The lowest BCUT2D eigenvalue weighted by molar-refractivity contribution is -0.384. The molecule has 0 bridgehead atoms. The molecule has 1 aromatic carbocycles. The van der Waals surface area contributed by atoms with Gasteiger partial charge in [-0.15, -0.1) is 11.8 Å². The van der Waals surface area contributed by atoms with Crippen LogP contribution in [0.3, 0.4) is 0 Å². The first kappa shape index (κ1) is 13.6. The van der Waals surface area contributed by atoms with Crippen LogP contribution in [0.15, 0.2) is 34.9 Å². The summed E-state index contributed by atoms with van der Waals surface area (Å²) in [6, 6.07) is 7.99. The summed E-state index contributed by atoms with van der Waals surface area (Å²) in [5, 5.41) is 30.6. The Morgan fingerprint density at radius 2 is 2.17 bits per heavy atom. The van der Waals surface area contributed by atoms with Crippen molar-refractivity contribution in [2.75, 3.05) is 11.6 Å². The highest BCUT2D eigenvalue weighted by atomic mass is 32.2. The molecular weight excluding hydrogens is 252 g/mol. The van der Waals surface area contributed by atoms with Crippen molar-refractivity contribution >= 4 is 23.1 Å². The fourth-order valence-corrected chi connectivity index (χ4v) is 1.58. The van der Waals surface area contributed by atoms with Crippen LogP contribution in [-0.2, 0) is 0 Å². The maximum Gasteiger partial charge on any atom is 0.293 e. The molecule has 0 aromatic heterocycles. The van der Waals surface area contributed by atoms with Crippen LogP contribution < -0.4 is 5.32 Å². The van der Waals surface area contributed by atoms with Gasteiger partial charge in [0.2, 0.25) is 0 Å². The lowest BCUT2D eigenvalue weighted by Crippen LogP contribution is -1.97. The van der Waals surface area contributed by atoms with Crippen molar-refractivity contribution < 1.29 is 4.92 Å². The van der Waals surface area contributed by atoms with E-state index in [2.05, 4.69) is 5.32 Å². The summed E-state index contributed by atoms with van der Waals surface area (Å²) >= 11 is 1.39. The third-order valence-corrected chi connectivity index (χ3v) is 2.74. The van der Waals surface area contributed by atoms with Crippen molar-refractivity contribution in [1.29, 1.82) is 10.5 Å². The number of thioether (sulfide) groups is 1. The zero-order chi connectivity index (χ0) is 13.5. The Kier molecular flexibility index (Phi) is 4.73. The lowest BCUT2D eigenvalue weighted by Gasteiger charge is -2.04. The number of hydrogen-bond acceptors (Lipinski definition) is 6. The number of nitro benzene ring substituents is 1. The molecule has 0 aliphatic carbocycles. The Labute approximate surface area is 108 Å².